The van der Waals surface area contributed by atoms with Crippen LogP contribution >= 0.6 is 23.2 Å². The minimum Gasteiger partial charge on any atom is -1.00 e. The predicted octanol–water partition coefficient (Wildman–Crippen LogP) is -0.629. The van der Waals surface area contributed by atoms with Crippen LogP contribution in [0.2, 0.25) is 10.0 Å². The summed E-state index contributed by atoms with van der Waals surface area (Å²) in [6.45, 7) is 0. The molecule has 0 bridgehead atoms. The van der Waals surface area contributed by atoms with E-state index in [0.29, 0.717) is 12.1 Å². The van der Waals surface area contributed by atoms with Gasteiger partial charge in [-0.25, -0.2) is 0 Å². The maximum Gasteiger partial charge on any atom is 1.00 e. The Morgan fingerprint density at radius 3 is 1.70 bits per heavy atom. The third kappa shape index (κ3) is 6.03. The van der Waals surface area contributed by atoms with E-state index in [1.54, 1.807) is 0 Å². The molecular weight excluding hydrogens is 478 g/mol. The van der Waals surface area contributed by atoms with Gasteiger partial charge in [-0.05, 0) is 30.3 Å². The van der Waals surface area contributed by atoms with Crippen LogP contribution in [0.15, 0.2) is 51.1 Å². The first-order valence-corrected chi connectivity index (χ1v) is 11.2. The van der Waals surface area contributed by atoms with Gasteiger partial charge in [-0.3, -0.25) is 9.11 Å². The predicted molar refractivity (Wildman–Crippen MR) is 91.5 cm³/mol. The fourth-order valence-corrected chi connectivity index (χ4v) is 4.76. The van der Waals surface area contributed by atoms with Crippen LogP contribution < -0.4 is 33.7 Å². The molecule has 0 saturated carbocycles. The first-order chi connectivity index (χ1) is 11.7. The SMILES string of the molecule is O=S(=O)(O)c1cc(OS(=O)(=O)c2ccc(Cl)c(S(=O)(=O)O)c2)ccc1Cl.[H-].[Na+]. The Balaban J connectivity index is 0.00000364. The number of rotatable bonds is 5. The van der Waals surface area contributed by atoms with E-state index >= 15 is 0 Å². The molecule has 9 nitrogen and oxygen atoms in total. The summed E-state index contributed by atoms with van der Waals surface area (Å²) in [7, 11) is -14.2. The van der Waals surface area contributed by atoms with Crippen molar-refractivity contribution >= 4 is 53.6 Å². The van der Waals surface area contributed by atoms with E-state index in [-0.39, 0.29) is 36.0 Å². The number of hydrogen-bond acceptors (Lipinski definition) is 7. The fourth-order valence-electron chi connectivity index (χ4n) is 1.74. The van der Waals surface area contributed by atoms with Gasteiger partial charge >= 0.3 is 39.7 Å². The van der Waals surface area contributed by atoms with Gasteiger partial charge in [0.1, 0.15) is 20.4 Å². The van der Waals surface area contributed by atoms with Crippen molar-refractivity contribution < 1.29 is 69.5 Å². The van der Waals surface area contributed by atoms with E-state index in [4.69, 9.17) is 36.5 Å². The van der Waals surface area contributed by atoms with Crippen LogP contribution in [-0.2, 0) is 30.4 Å². The van der Waals surface area contributed by atoms with Crippen molar-refractivity contribution in [3.63, 3.8) is 0 Å². The molecule has 2 aromatic carbocycles. The number of hydrogen-bond donors (Lipinski definition) is 2. The molecule has 0 spiro atoms. The Morgan fingerprint density at radius 1 is 0.778 bits per heavy atom. The van der Waals surface area contributed by atoms with Crippen molar-refractivity contribution in [3.8, 4) is 5.75 Å². The van der Waals surface area contributed by atoms with Gasteiger partial charge in [-0.15, -0.1) is 0 Å². The quantitative estimate of drug-likeness (QED) is 0.319. The van der Waals surface area contributed by atoms with E-state index < -0.39 is 55.8 Å². The monoisotopic (exact) mass is 486 g/mol. The fraction of sp³-hybridized carbons (Fsp3) is 0. The molecular formula is C12H9Cl2NaO9S3. The summed E-state index contributed by atoms with van der Waals surface area (Å²) in [6, 6.07) is 5.02. The Bertz CT molecular complexity index is 1200. The second-order valence-corrected chi connectivity index (χ2v) is 9.81. The van der Waals surface area contributed by atoms with E-state index in [1.165, 1.54) is 0 Å². The average Bonchev–Trinajstić information content (AvgIpc) is 2.47. The van der Waals surface area contributed by atoms with Crippen LogP contribution in [0.1, 0.15) is 1.43 Å². The molecule has 144 valence electrons. The van der Waals surface area contributed by atoms with Gasteiger partial charge in [0.15, 0.2) is 0 Å². The van der Waals surface area contributed by atoms with E-state index in [1.807, 2.05) is 0 Å². The molecule has 0 aromatic heterocycles. The number of benzene rings is 2. The van der Waals surface area contributed by atoms with Crippen molar-refractivity contribution in [2.24, 2.45) is 0 Å². The van der Waals surface area contributed by atoms with E-state index in [9.17, 15) is 25.3 Å². The van der Waals surface area contributed by atoms with Crippen molar-refractivity contribution in [2.45, 2.75) is 14.7 Å². The Morgan fingerprint density at radius 2 is 1.22 bits per heavy atom. The van der Waals surface area contributed by atoms with Gasteiger partial charge in [-0.2, -0.15) is 25.3 Å². The third-order valence-electron chi connectivity index (χ3n) is 2.86. The zero-order chi connectivity index (χ0) is 19.9. The Kier molecular flexibility index (Phi) is 7.78. The molecule has 0 atom stereocenters. The van der Waals surface area contributed by atoms with Crippen molar-refractivity contribution in [2.75, 3.05) is 0 Å². The largest absolute Gasteiger partial charge is 1.00 e. The van der Waals surface area contributed by atoms with Gasteiger partial charge in [-0.1, -0.05) is 23.2 Å². The summed E-state index contributed by atoms with van der Waals surface area (Å²) in [5.74, 6) is -0.523. The standard InChI is InChI=1S/C12H8Cl2O9S3.Na.H/c13-9-3-1-7(5-11(9)24(15,16)17)23-26(21,22)8-2-4-10(14)12(6-8)25(18,19)20;;/h1-6H,(H,15,16,17)(H,18,19,20);;/q;+1;-1. The van der Waals surface area contributed by atoms with Crippen LogP contribution in [0.3, 0.4) is 0 Å². The Hall–Kier alpha value is -0.410. The normalized spacial score (nSPS) is 12.3. The van der Waals surface area contributed by atoms with Crippen LogP contribution in [0.4, 0.5) is 0 Å². The van der Waals surface area contributed by atoms with E-state index in [2.05, 4.69) is 0 Å². The van der Waals surface area contributed by atoms with E-state index in [0.717, 1.165) is 24.3 Å². The molecule has 0 aliphatic heterocycles. The molecule has 0 unspecified atom stereocenters. The second-order valence-electron chi connectivity index (χ2n) is 4.67. The molecule has 0 aliphatic rings. The molecule has 0 amide bonds. The first kappa shape index (κ1) is 24.6. The topological polar surface area (TPSA) is 152 Å². The molecule has 15 heteroatoms. The molecule has 0 aliphatic carbocycles. The van der Waals surface area contributed by atoms with Crippen molar-refractivity contribution in [1.29, 1.82) is 0 Å². The molecule has 0 radical (unpaired) electrons. The zero-order valence-electron chi connectivity index (χ0n) is 14.2. The molecule has 2 rings (SSSR count). The maximum atomic E-state index is 12.3. The molecule has 2 aromatic rings. The summed E-state index contributed by atoms with van der Waals surface area (Å²) in [6.07, 6.45) is 0. The van der Waals surface area contributed by atoms with Crippen LogP contribution in [0.5, 0.6) is 5.75 Å². The summed E-state index contributed by atoms with van der Waals surface area (Å²) in [4.78, 5) is -2.34. The van der Waals surface area contributed by atoms with Crippen LogP contribution in [0.25, 0.3) is 0 Å². The maximum absolute atomic E-state index is 12.3. The van der Waals surface area contributed by atoms with Crippen molar-refractivity contribution in [1.82, 2.24) is 0 Å². The average molecular weight is 487 g/mol. The minimum atomic E-state index is -4.80. The minimum absolute atomic E-state index is 0. The number of halogens is 2. The molecule has 0 heterocycles. The summed E-state index contributed by atoms with van der Waals surface area (Å²) < 4.78 is 92.1. The molecule has 27 heavy (non-hydrogen) atoms. The summed E-state index contributed by atoms with van der Waals surface area (Å²) in [5, 5.41) is -0.802. The van der Waals surface area contributed by atoms with Crippen LogP contribution in [0, 0.1) is 0 Å². The van der Waals surface area contributed by atoms with Gasteiger partial charge in [0.05, 0.1) is 10.0 Å². The Labute approximate surface area is 188 Å². The van der Waals surface area contributed by atoms with Crippen LogP contribution in [-0.4, -0.2) is 34.4 Å². The van der Waals surface area contributed by atoms with Gasteiger partial charge in [0.25, 0.3) is 20.2 Å². The second kappa shape index (κ2) is 8.53. The first-order valence-electron chi connectivity index (χ1n) is 6.20. The van der Waals surface area contributed by atoms with Crippen molar-refractivity contribution in [3.05, 3.63) is 46.4 Å². The van der Waals surface area contributed by atoms with Gasteiger partial charge in [0, 0.05) is 6.07 Å². The molecule has 2 N–H and O–H groups in total. The molecule has 0 saturated heterocycles. The smallest absolute Gasteiger partial charge is 1.00 e. The van der Waals surface area contributed by atoms with Gasteiger partial charge < -0.3 is 5.61 Å². The van der Waals surface area contributed by atoms with Gasteiger partial charge in [0.2, 0.25) is 0 Å². The molecule has 0 fully saturated rings. The zero-order valence-corrected chi connectivity index (χ0v) is 19.2. The third-order valence-corrected chi connectivity index (χ3v) is 6.77. The summed E-state index contributed by atoms with van der Waals surface area (Å²) in [5.41, 5.74) is 0. The summed E-state index contributed by atoms with van der Waals surface area (Å²) >= 11 is 11.2.